The molecule has 0 radical (unpaired) electrons. The van der Waals surface area contributed by atoms with Crippen LogP contribution in [0.2, 0.25) is 0 Å². The molecule has 0 heterocycles. The number of hydrogen-bond acceptors (Lipinski definition) is 1. The first-order valence-corrected chi connectivity index (χ1v) is 2.68. The molecule has 4 heteroatoms. The fourth-order valence-electron chi connectivity index (χ4n) is 0.408. The van der Waals surface area contributed by atoms with Gasteiger partial charge in [-0.15, -0.1) is 0 Å². The van der Waals surface area contributed by atoms with E-state index in [1.54, 1.807) is 0 Å². The summed E-state index contributed by atoms with van der Waals surface area (Å²) in [5, 5.41) is 8.72. The van der Waals surface area contributed by atoms with Gasteiger partial charge in [-0.25, -0.2) is 0 Å². The first-order valence-electron chi connectivity index (χ1n) is 2.34. The highest BCUT2D eigenvalue weighted by Crippen LogP contribution is 2.01. The van der Waals surface area contributed by atoms with Crippen molar-refractivity contribution in [3.63, 3.8) is 0 Å². The molecule has 0 aliphatic heterocycles. The molecule has 0 aromatic rings. The van der Waals surface area contributed by atoms with Gasteiger partial charge < -0.3 is 12.4 Å². The molecule has 0 bridgehead atoms. The van der Waals surface area contributed by atoms with Gasteiger partial charge in [0.05, 0.1) is 0 Å². The Hall–Kier alpha value is 0.500. The van der Waals surface area contributed by atoms with Crippen LogP contribution in [-0.4, -0.2) is 23.0 Å². The zero-order valence-corrected chi connectivity index (χ0v) is 6.58. The highest BCUT2D eigenvalue weighted by atomic mass is 35.5. The Labute approximate surface area is 61.1 Å². The first-order chi connectivity index (χ1) is 3.06. The van der Waals surface area contributed by atoms with E-state index in [0.717, 1.165) is 6.42 Å². The lowest BCUT2D eigenvalue weighted by Crippen LogP contribution is -3.00. The Kier molecular flexibility index (Phi) is 6.20. The Morgan fingerprint density at radius 1 is 1.62 bits per heavy atom. The smallest absolute Gasteiger partial charge is 0.204 e. The van der Waals surface area contributed by atoms with E-state index in [-0.39, 0.29) is 12.4 Å². The summed E-state index contributed by atoms with van der Waals surface area (Å²) >= 11 is 5.33. The molecule has 1 atom stereocenters. The summed E-state index contributed by atoms with van der Waals surface area (Å²) in [7, 11) is 1.53. The lowest BCUT2D eigenvalue weighted by molar-refractivity contribution is -0.993. The Balaban J connectivity index is 0. The van der Waals surface area contributed by atoms with Gasteiger partial charge >= 0.3 is 0 Å². The normalized spacial score (nSPS) is 16.5. The maximum absolute atomic E-state index is 8.72. The van der Waals surface area contributed by atoms with Crippen LogP contribution in [-0.2, 0) is 0 Å². The van der Waals surface area contributed by atoms with Crippen molar-refractivity contribution in [1.29, 1.82) is 0 Å². The average molecular weight is 160 g/mol. The number of hydroxylamine groups is 2. The molecule has 0 spiro atoms. The minimum Gasteiger partial charge on any atom is -1.00 e. The molecular weight excluding hydrogens is 149 g/mol. The van der Waals surface area contributed by atoms with Crippen LogP contribution in [0.1, 0.15) is 13.3 Å². The summed E-state index contributed by atoms with van der Waals surface area (Å²) in [6, 6.07) is 0. The summed E-state index contributed by atoms with van der Waals surface area (Å²) in [6.07, 6.45) is 0.899. The van der Waals surface area contributed by atoms with Gasteiger partial charge in [-0.1, -0.05) is 11.1 Å². The van der Waals surface area contributed by atoms with Crippen LogP contribution >= 0.6 is 11.8 Å². The summed E-state index contributed by atoms with van der Waals surface area (Å²) < 4.78 is -0.434. The molecule has 2 nitrogen and oxygen atoms in total. The monoisotopic (exact) mass is 159 g/mol. The van der Waals surface area contributed by atoms with Crippen LogP contribution in [0.3, 0.4) is 0 Å². The second-order valence-corrected chi connectivity index (χ2v) is 2.47. The molecule has 0 aliphatic carbocycles. The SMILES string of the molecule is CCC[N+](C)(O)Cl.[Cl-]. The van der Waals surface area contributed by atoms with E-state index < -0.39 is 4.17 Å². The standard InChI is InChI=1S/C4H11ClNO.ClH/c1-3-4-6(2,5)7;/h7H,3-4H2,1-2H3;1H/q+1;/p-1. The maximum Gasteiger partial charge on any atom is 0.204 e. The molecule has 1 N–H and O–H groups in total. The quantitative estimate of drug-likeness (QED) is 0.380. The predicted molar refractivity (Wildman–Crippen MR) is 29.0 cm³/mol. The van der Waals surface area contributed by atoms with Crippen molar-refractivity contribution < 1.29 is 21.8 Å². The molecule has 0 rings (SSSR count). The number of nitrogens with zero attached hydrogens (tertiary/aromatic N) is 1. The predicted octanol–water partition coefficient (Wildman–Crippen LogP) is -1.61. The van der Waals surface area contributed by atoms with E-state index in [1.165, 1.54) is 7.05 Å². The Morgan fingerprint density at radius 2 is 2.00 bits per heavy atom. The molecule has 52 valence electrons. The lowest BCUT2D eigenvalue weighted by atomic mass is 10.5. The van der Waals surface area contributed by atoms with E-state index >= 15 is 0 Å². The van der Waals surface area contributed by atoms with Crippen molar-refractivity contribution in [2.75, 3.05) is 13.6 Å². The van der Waals surface area contributed by atoms with Crippen LogP contribution in [0.4, 0.5) is 0 Å². The molecule has 0 amide bonds. The van der Waals surface area contributed by atoms with Crippen molar-refractivity contribution >= 4 is 11.8 Å². The lowest BCUT2D eigenvalue weighted by Gasteiger charge is -2.11. The van der Waals surface area contributed by atoms with Gasteiger partial charge in [-0.2, -0.15) is 5.21 Å². The molecule has 0 fully saturated rings. The van der Waals surface area contributed by atoms with Gasteiger partial charge in [0, 0.05) is 0 Å². The van der Waals surface area contributed by atoms with Crippen molar-refractivity contribution in [1.82, 2.24) is 0 Å². The molecule has 0 aromatic heterocycles. The Morgan fingerprint density at radius 3 is 2.00 bits per heavy atom. The molecule has 0 saturated carbocycles. The topological polar surface area (TPSA) is 20.2 Å². The van der Waals surface area contributed by atoms with Gasteiger partial charge in [0.15, 0.2) is 0 Å². The molecule has 0 aliphatic rings. The van der Waals surface area contributed by atoms with E-state index in [1.807, 2.05) is 6.92 Å². The summed E-state index contributed by atoms with van der Waals surface area (Å²) in [5.74, 6) is 0. The third-order valence-electron chi connectivity index (χ3n) is 0.632. The number of rotatable bonds is 2. The van der Waals surface area contributed by atoms with Crippen LogP contribution in [0, 0.1) is 0 Å². The van der Waals surface area contributed by atoms with Crippen LogP contribution in [0.15, 0.2) is 0 Å². The largest absolute Gasteiger partial charge is 1.00 e. The summed E-state index contributed by atoms with van der Waals surface area (Å²) in [4.78, 5) is 0. The Bertz CT molecular complexity index is 52.5. The van der Waals surface area contributed by atoms with Gasteiger partial charge in [-0.3, -0.25) is 0 Å². The van der Waals surface area contributed by atoms with Gasteiger partial charge in [0.25, 0.3) is 0 Å². The molecular formula is C4H11Cl2NO. The van der Waals surface area contributed by atoms with E-state index in [4.69, 9.17) is 17.0 Å². The third-order valence-corrected chi connectivity index (χ3v) is 0.801. The third kappa shape index (κ3) is 9.71. The van der Waals surface area contributed by atoms with Crippen LogP contribution in [0.25, 0.3) is 0 Å². The zero-order valence-electron chi connectivity index (χ0n) is 5.06. The minimum atomic E-state index is -0.434. The van der Waals surface area contributed by atoms with Crippen LogP contribution in [0.5, 0.6) is 0 Å². The molecule has 8 heavy (non-hydrogen) atoms. The molecule has 0 aromatic carbocycles. The molecule has 0 saturated heterocycles. The van der Waals surface area contributed by atoms with Crippen molar-refractivity contribution in [2.45, 2.75) is 13.3 Å². The summed E-state index contributed by atoms with van der Waals surface area (Å²) in [5.41, 5.74) is 0. The van der Waals surface area contributed by atoms with Gasteiger partial charge in [0.1, 0.15) is 13.6 Å². The summed E-state index contributed by atoms with van der Waals surface area (Å²) in [6.45, 7) is 2.57. The highest BCUT2D eigenvalue weighted by Gasteiger charge is 2.11. The second-order valence-electron chi connectivity index (χ2n) is 1.75. The van der Waals surface area contributed by atoms with Crippen molar-refractivity contribution in [3.05, 3.63) is 0 Å². The van der Waals surface area contributed by atoms with Crippen molar-refractivity contribution in [2.24, 2.45) is 0 Å². The van der Waals surface area contributed by atoms with E-state index in [0.29, 0.717) is 6.54 Å². The fraction of sp³-hybridized carbons (Fsp3) is 1.00. The number of quaternary nitrogens is 1. The maximum atomic E-state index is 8.72. The number of halogens is 2. The number of hydrogen-bond donors (Lipinski definition) is 1. The zero-order chi connectivity index (χ0) is 5.91. The average Bonchev–Trinajstić information content (AvgIpc) is 1.30. The van der Waals surface area contributed by atoms with Crippen LogP contribution < -0.4 is 12.4 Å². The van der Waals surface area contributed by atoms with E-state index in [9.17, 15) is 0 Å². The highest BCUT2D eigenvalue weighted by molar-refractivity contribution is 6.05. The fourth-order valence-corrected chi connectivity index (χ4v) is 0.577. The second kappa shape index (κ2) is 4.39. The minimum absolute atomic E-state index is 0. The van der Waals surface area contributed by atoms with Gasteiger partial charge in [0.2, 0.25) is 11.8 Å². The van der Waals surface area contributed by atoms with Crippen molar-refractivity contribution in [3.8, 4) is 0 Å². The van der Waals surface area contributed by atoms with E-state index in [2.05, 4.69) is 0 Å². The van der Waals surface area contributed by atoms with Gasteiger partial charge in [-0.05, 0) is 6.42 Å². The first kappa shape index (κ1) is 11.3. The molecule has 1 unspecified atom stereocenters.